The Balaban J connectivity index is 1.46. The van der Waals surface area contributed by atoms with Crippen LogP contribution in [-0.4, -0.2) is 44.5 Å². The van der Waals surface area contributed by atoms with Gasteiger partial charge in [-0.2, -0.15) is 0 Å². The number of benzene rings is 2. The summed E-state index contributed by atoms with van der Waals surface area (Å²) in [5, 5.41) is 2.46. The molecule has 1 aromatic heterocycles. The molecule has 1 fully saturated rings. The van der Waals surface area contributed by atoms with Gasteiger partial charge in [0.05, 0.1) is 15.6 Å². The van der Waals surface area contributed by atoms with Crippen LogP contribution in [0, 0.1) is 0 Å². The standard InChI is InChI=1S/C22H25ClN4O2S2/c1-16(17-6-4-3-5-7-17)27-12-10-18(15-27)26(2)21-9-8-19(14-20(21)23)31(28,29)25-22-24-11-13-30-22/h3-9,11,13-14,16,18H,10,12,15H2,1-2H3,(H,24,25)/t16?,18-/m0/s1. The lowest BCUT2D eigenvalue weighted by Gasteiger charge is -2.30. The molecule has 2 aromatic carbocycles. The summed E-state index contributed by atoms with van der Waals surface area (Å²) in [5.41, 5.74) is 2.14. The first-order valence-electron chi connectivity index (χ1n) is 10.1. The van der Waals surface area contributed by atoms with Crippen molar-refractivity contribution < 1.29 is 8.42 Å². The molecule has 3 aromatic rings. The Bertz CT molecular complexity index is 1120. The molecule has 2 heterocycles. The van der Waals surface area contributed by atoms with Gasteiger partial charge in [0.2, 0.25) is 0 Å². The van der Waals surface area contributed by atoms with Gasteiger partial charge in [-0.25, -0.2) is 13.4 Å². The third-order valence-electron chi connectivity index (χ3n) is 5.84. The van der Waals surface area contributed by atoms with E-state index >= 15 is 0 Å². The maximum atomic E-state index is 12.6. The number of sulfonamides is 1. The number of likely N-dealkylation sites (tertiary alicyclic amines) is 1. The second kappa shape index (κ2) is 9.16. The van der Waals surface area contributed by atoms with Gasteiger partial charge < -0.3 is 4.90 Å². The lowest BCUT2D eigenvalue weighted by molar-refractivity contribution is 0.259. The number of likely N-dealkylation sites (N-methyl/N-ethyl adjacent to an activating group) is 1. The van der Waals surface area contributed by atoms with Crippen LogP contribution < -0.4 is 9.62 Å². The molecule has 164 valence electrons. The number of halogens is 1. The average Bonchev–Trinajstić information content (AvgIpc) is 3.45. The van der Waals surface area contributed by atoms with E-state index in [-0.39, 0.29) is 4.90 Å². The summed E-state index contributed by atoms with van der Waals surface area (Å²) in [4.78, 5) is 8.72. The second-order valence-electron chi connectivity index (χ2n) is 7.69. The quantitative estimate of drug-likeness (QED) is 0.527. The van der Waals surface area contributed by atoms with Gasteiger partial charge in [0, 0.05) is 43.8 Å². The fourth-order valence-electron chi connectivity index (χ4n) is 3.96. The number of anilines is 2. The molecular formula is C22H25ClN4O2S2. The van der Waals surface area contributed by atoms with Crippen LogP contribution in [0.2, 0.25) is 5.02 Å². The first-order chi connectivity index (χ1) is 14.8. The minimum Gasteiger partial charge on any atom is -0.369 e. The third kappa shape index (κ3) is 4.87. The summed E-state index contributed by atoms with van der Waals surface area (Å²) in [6.45, 7) is 4.17. The molecule has 0 bridgehead atoms. The maximum Gasteiger partial charge on any atom is 0.263 e. The van der Waals surface area contributed by atoms with Crippen LogP contribution in [0.25, 0.3) is 0 Å². The monoisotopic (exact) mass is 476 g/mol. The summed E-state index contributed by atoms with van der Waals surface area (Å²) in [6.07, 6.45) is 2.58. The zero-order chi connectivity index (χ0) is 22.0. The molecule has 9 heteroatoms. The molecule has 1 N–H and O–H groups in total. The molecule has 0 radical (unpaired) electrons. The van der Waals surface area contributed by atoms with Gasteiger partial charge in [0.15, 0.2) is 5.13 Å². The molecule has 1 saturated heterocycles. The predicted molar refractivity (Wildman–Crippen MR) is 128 cm³/mol. The van der Waals surface area contributed by atoms with E-state index in [0.29, 0.717) is 22.2 Å². The number of rotatable bonds is 7. The molecule has 0 spiro atoms. The number of hydrogen-bond donors (Lipinski definition) is 1. The molecule has 0 saturated carbocycles. The van der Waals surface area contributed by atoms with Crippen LogP contribution >= 0.6 is 22.9 Å². The number of thiazole rings is 1. The van der Waals surface area contributed by atoms with Gasteiger partial charge in [-0.3, -0.25) is 9.62 Å². The summed E-state index contributed by atoms with van der Waals surface area (Å²) in [6, 6.07) is 16.0. The van der Waals surface area contributed by atoms with Gasteiger partial charge >= 0.3 is 0 Å². The maximum absolute atomic E-state index is 12.6. The van der Waals surface area contributed by atoms with E-state index in [1.54, 1.807) is 23.7 Å². The van der Waals surface area contributed by atoms with Crippen molar-refractivity contribution in [2.45, 2.75) is 30.3 Å². The van der Waals surface area contributed by atoms with E-state index in [1.807, 2.05) is 13.1 Å². The Morgan fingerprint density at radius 2 is 2.03 bits per heavy atom. The number of nitrogens with one attached hydrogen (secondary N) is 1. The van der Waals surface area contributed by atoms with Crippen LogP contribution in [0.1, 0.15) is 24.9 Å². The Morgan fingerprint density at radius 3 is 2.71 bits per heavy atom. The van der Waals surface area contributed by atoms with E-state index < -0.39 is 10.0 Å². The molecule has 31 heavy (non-hydrogen) atoms. The molecule has 2 atom stereocenters. The number of nitrogens with zero attached hydrogens (tertiary/aromatic N) is 3. The van der Waals surface area contributed by atoms with E-state index in [0.717, 1.165) is 25.2 Å². The van der Waals surface area contributed by atoms with Crippen LogP contribution in [0.15, 0.2) is 65.0 Å². The third-order valence-corrected chi connectivity index (χ3v) is 8.29. The van der Waals surface area contributed by atoms with Crippen molar-refractivity contribution in [1.82, 2.24) is 9.88 Å². The van der Waals surface area contributed by atoms with Crippen molar-refractivity contribution >= 4 is 43.8 Å². The minimum absolute atomic E-state index is 0.121. The number of hydrogen-bond acceptors (Lipinski definition) is 6. The van der Waals surface area contributed by atoms with Crippen molar-refractivity contribution in [2.75, 3.05) is 29.8 Å². The van der Waals surface area contributed by atoms with E-state index in [2.05, 4.69) is 50.7 Å². The fourth-order valence-corrected chi connectivity index (χ4v) is 6.16. The molecule has 0 aliphatic carbocycles. The van der Waals surface area contributed by atoms with Gasteiger partial charge in [-0.1, -0.05) is 41.9 Å². The lowest BCUT2D eigenvalue weighted by Crippen LogP contribution is -2.35. The van der Waals surface area contributed by atoms with Gasteiger partial charge in [0.25, 0.3) is 10.0 Å². The SMILES string of the molecule is CC(c1ccccc1)N1CC[C@H](N(C)c2ccc(S(=O)(=O)Nc3nccs3)cc2Cl)C1. The molecular weight excluding hydrogens is 452 g/mol. The van der Waals surface area contributed by atoms with Crippen LogP contribution in [0.3, 0.4) is 0 Å². The highest BCUT2D eigenvalue weighted by atomic mass is 35.5. The molecule has 6 nitrogen and oxygen atoms in total. The second-order valence-corrected chi connectivity index (χ2v) is 10.7. The van der Waals surface area contributed by atoms with Gasteiger partial charge in [0.1, 0.15) is 0 Å². The zero-order valence-corrected chi connectivity index (χ0v) is 19.8. The van der Waals surface area contributed by atoms with Crippen LogP contribution in [0.4, 0.5) is 10.8 Å². The Labute approximate surface area is 192 Å². The van der Waals surface area contributed by atoms with Crippen LogP contribution in [0.5, 0.6) is 0 Å². The fraction of sp³-hybridized carbons (Fsp3) is 0.318. The zero-order valence-electron chi connectivity index (χ0n) is 17.4. The van der Waals surface area contributed by atoms with E-state index in [9.17, 15) is 8.42 Å². The molecule has 4 rings (SSSR count). The Kier molecular flexibility index (Phi) is 6.52. The normalized spacial score (nSPS) is 18.1. The van der Waals surface area contributed by atoms with Gasteiger partial charge in [-0.15, -0.1) is 11.3 Å². The summed E-state index contributed by atoms with van der Waals surface area (Å²) in [7, 11) is -1.71. The summed E-state index contributed by atoms with van der Waals surface area (Å²) in [5.74, 6) is 0. The van der Waals surface area contributed by atoms with Crippen molar-refractivity contribution in [3.8, 4) is 0 Å². The summed E-state index contributed by atoms with van der Waals surface area (Å²) >= 11 is 7.75. The first-order valence-corrected chi connectivity index (χ1v) is 12.8. The molecule has 1 unspecified atom stereocenters. The first kappa shape index (κ1) is 22.1. The average molecular weight is 477 g/mol. The van der Waals surface area contributed by atoms with Crippen molar-refractivity contribution in [3.63, 3.8) is 0 Å². The highest BCUT2D eigenvalue weighted by Crippen LogP contribution is 2.33. The van der Waals surface area contributed by atoms with Crippen LogP contribution in [-0.2, 0) is 10.0 Å². The largest absolute Gasteiger partial charge is 0.369 e. The van der Waals surface area contributed by atoms with Crippen molar-refractivity contribution in [1.29, 1.82) is 0 Å². The van der Waals surface area contributed by atoms with Crippen molar-refractivity contribution in [3.05, 3.63) is 70.7 Å². The van der Waals surface area contributed by atoms with E-state index in [1.165, 1.54) is 23.0 Å². The smallest absolute Gasteiger partial charge is 0.263 e. The van der Waals surface area contributed by atoms with E-state index in [4.69, 9.17) is 11.6 Å². The van der Waals surface area contributed by atoms with Gasteiger partial charge in [-0.05, 0) is 37.1 Å². The minimum atomic E-state index is -3.73. The highest BCUT2D eigenvalue weighted by Gasteiger charge is 2.30. The molecule has 0 amide bonds. The summed E-state index contributed by atoms with van der Waals surface area (Å²) < 4.78 is 27.7. The Hall–Kier alpha value is -2.13. The molecule has 1 aliphatic heterocycles. The Morgan fingerprint density at radius 1 is 1.26 bits per heavy atom. The topological polar surface area (TPSA) is 65.5 Å². The molecule has 1 aliphatic rings. The highest BCUT2D eigenvalue weighted by molar-refractivity contribution is 7.93. The van der Waals surface area contributed by atoms with Crippen molar-refractivity contribution in [2.24, 2.45) is 0 Å². The lowest BCUT2D eigenvalue weighted by atomic mass is 10.1. The predicted octanol–water partition coefficient (Wildman–Crippen LogP) is 4.87. The number of aromatic nitrogens is 1.